The molecule has 0 radical (unpaired) electrons. The molecule has 0 amide bonds. The van der Waals surface area contributed by atoms with Crippen molar-refractivity contribution in [3.8, 4) is 0 Å². The molecule has 5 heteroatoms. The second-order valence-electron chi connectivity index (χ2n) is 4.27. The lowest BCUT2D eigenvalue weighted by molar-refractivity contribution is 0.621. The van der Waals surface area contributed by atoms with Crippen LogP contribution in [0.3, 0.4) is 0 Å². The third-order valence-electron chi connectivity index (χ3n) is 3.10. The van der Waals surface area contributed by atoms with Crippen molar-refractivity contribution in [3.05, 3.63) is 39.9 Å². The summed E-state index contributed by atoms with van der Waals surface area (Å²) in [6.07, 6.45) is 0. The van der Waals surface area contributed by atoms with Crippen LogP contribution in [0.5, 0.6) is 0 Å². The molecular weight excluding hydrogens is 297 g/mol. The molecule has 18 heavy (non-hydrogen) atoms. The van der Waals surface area contributed by atoms with Gasteiger partial charge in [-0.2, -0.15) is 5.10 Å². The SMILES string of the molecule is Cc1nn(C)c(C)c1N(C)c1cccc(Br)c1F. The number of halogens is 2. The minimum absolute atomic E-state index is 0.261. The predicted molar refractivity (Wildman–Crippen MR) is 74.8 cm³/mol. The number of hydrogen-bond acceptors (Lipinski definition) is 2. The highest BCUT2D eigenvalue weighted by atomic mass is 79.9. The smallest absolute Gasteiger partial charge is 0.160 e. The predicted octanol–water partition coefficient (Wildman–Crippen LogP) is 3.71. The maximum atomic E-state index is 14.1. The van der Waals surface area contributed by atoms with Gasteiger partial charge in [0.05, 0.1) is 27.2 Å². The van der Waals surface area contributed by atoms with E-state index in [0.717, 1.165) is 17.1 Å². The molecule has 0 saturated carbocycles. The van der Waals surface area contributed by atoms with Crippen molar-refractivity contribution < 1.29 is 4.39 Å². The van der Waals surface area contributed by atoms with Gasteiger partial charge >= 0.3 is 0 Å². The van der Waals surface area contributed by atoms with Crippen LogP contribution in [0.1, 0.15) is 11.4 Å². The lowest BCUT2D eigenvalue weighted by Crippen LogP contribution is -2.13. The van der Waals surface area contributed by atoms with E-state index in [1.54, 1.807) is 16.8 Å². The topological polar surface area (TPSA) is 21.1 Å². The zero-order chi connectivity index (χ0) is 13.4. The summed E-state index contributed by atoms with van der Waals surface area (Å²) in [6.45, 7) is 3.90. The van der Waals surface area contributed by atoms with Crippen LogP contribution >= 0.6 is 15.9 Å². The molecule has 0 bridgehead atoms. The van der Waals surface area contributed by atoms with Gasteiger partial charge in [0.15, 0.2) is 5.82 Å². The van der Waals surface area contributed by atoms with E-state index >= 15 is 0 Å². The average Bonchev–Trinajstić information content (AvgIpc) is 2.56. The van der Waals surface area contributed by atoms with E-state index in [9.17, 15) is 4.39 Å². The number of rotatable bonds is 2. The number of hydrogen-bond donors (Lipinski definition) is 0. The number of aryl methyl sites for hydroxylation is 2. The molecule has 0 unspecified atom stereocenters. The van der Waals surface area contributed by atoms with Crippen molar-refractivity contribution in [2.75, 3.05) is 11.9 Å². The Labute approximate surface area is 114 Å². The van der Waals surface area contributed by atoms with Crippen molar-refractivity contribution in [1.82, 2.24) is 9.78 Å². The van der Waals surface area contributed by atoms with Gasteiger partial charge in [-0.05, 0) is 41.9 Å². The summed E-state index contributed by atoms with van der Waals surface area (Å²) in [6, 6.07) is 5.27. The quantitative estimate of drug-likeness (QED) is 0.843. The largest absolute Gasteiger partial charge is 0.339 e. The molecule has 2 aromatic rings. The first-order valence-corrected chi connectivity index (χ1v) is 6.40. The van der Waals surface area contributed by atoms with Crippen molar-refractivity contribution in [2.24, 2.45) is 7.05 Å². The van der Waals surface area contributed by atoms with E-state index in [1.165, 1.54) is 0 Å². The van der Waals surface area contributed by atoms with Crippen LogP contribution in [0, 0.1) is 19.7 Å². The monoisotopic (exact) mass is 311 g/mol. The third kappa shape index (κ3) is 2.03. The first kappa shape index (κ1) is 13.1. The molecule has 96 valence electrons. The van der Waals surface area contributed by atoms with Gasteiger partial charge < -0.3 is 4.90 Å². The Morgan fingerprint density at radius 3 is 2.56 bits per heavy atom. The zero-order valence-electron chi connectivity index (χ0n) is 10.8. The standard InChI is InChI=1S/C13H15BrFN3/c1-8-13(9(2)18(4)16-8)17(3)11-7-5-6-10(14)12(11)15/h5-7H,1-4H3. The highest BCUT2D eigenvalue weighted by Crippen LogP contribution is 2.33. The summed E-state index contributed by atoms with van der Waals surface area (Å²) in [5, 5.41) is 4.35. The molecule has 1 aromatic carbocycles. The average molecular weight is 312 g/mol. The molecule has 3 nitrogen and oxygen atoms in total. The molecule has 2 rings (SSSR count). The summed E-state index contributed by atoms with van der Waals surface area (Å²) in [4.78, 5) is 1.83. The van der Waals surface area contributed by atoms with Crippen LogP contribution in [0.25, 0.3) is 0 Å². The maximum absolute atomic E-state index is 14.1. The lowest BCUT2D eigenvalue weighted by atomic mass is 10.2. The fourth-order valence-electron chi connectivity index (χ4n) is 2.12. The lowest BCUT2D eigenvalue weighted by Gasteiger charge is -2.20. The second kappa shape index (κ2) is 4.72. The van der Waals surface area contributed by atoms with Gasteiger partial charge in [0.2, 0.25) is 0 Å². The summed E-state index contributed by atoms with van der Waals surface area (Å²) < 4.78 is 16.4. The first-order valence-electron chi connectivity index (χ1n) is 5.61. The Bertz CT molecular complexity index is 592. The zero-order valence-corrected chi connectivity index (χ0v) is 12.4. The molecule has 0 aliphatic heterocycles. The van der Waals surface area contributed by atoms with Gasteiger partial charge in [0, 0.05) is 14.1 Å². The summed E-state index contributed by atoms with van der Waals surface area (Å²) in [5.41, 5.74) is 3.37. The Balaban J connectivity index is 2.54. The summed E-state index contributed by atoms with van der Waals surface area (Å²) >= 11 is 3.21. The summed E-state index contributed by atoms with van der Waals surface area (Å²) in [5.74, 6) is -0.261. The first-order chi connectivity index (χ1) is 8.43. The molecule has 0 N–H and O–H groups in total. The van der Waals surface area contributed by atoms with E-state index in [-0.39, 0.29) is 5.82 Å². The minimum atomic E-state index is -0.261. The van der Waals surface area contributed by atoms with E-state index < -0.39 is 0 Å². The number of benzene rings is 1. The molecule has 1 heterocycles. The van der Waals surface area contributed by atoms with Crippen LogP contribution in [0.4, 0.5) is 15.8 Å². The van der Waals surface area contributed by atoms with Gasteiger partial charge in [0.1, 0.15) is 0 Å². The van der Waals surface area contributed by atoms with Gasteiger partial charge in [-0.3, -0.25) is 4.68 Å². The fraction of sp³-hybridized carbons (Fsp3) is 0.308. The number of nitrogens with zero attached hydrogens (tertiary/aromatic N) is 3. The molecule has 0 saturated heterocycles. The fourth-order valence-corrected chi connectivity index (χ4v) is 2.48. The number of anilines is 2. The van der Waals surface area contributed by atoms with Gasteiger partial charge in [-0.15, -0.1) is 0 Å². The molecule has 0 fully saturated rings. The van der Waals surface area contributed by atoms with Crippen LogP contribution in [-0.2, 0) is 7.05 Å². The van der Waals surface area contributed by atoms with E-state index in [0.29, 0.717) is 10.2 Å². The van der Waals surface area contributed by atoms with E-state index in [1.807, 2.05) is 38.9 Å². The highest BCUT2D eigenvalue weighted by molar-refractivity contribution is 9.10. The second-order valence-corrected chi connectivity index (χ2v) is 5.13. The van der Waals surface area contributed by atoms with Crippen molar-refractivity contribution in [3.63, 3.8) is 0 Å². The van der Waals surface area contributed by atoms with E-state index in [2.05, 4.69) is 21.0 Å². The van der Waals surface area contributed by atoms with Crippen LogP contribution in [0.2, 0.25) is 0 Å². The number of aromatic nitrogens is 2. The van der Waals surface area contributed by atoms with Crippen LogP contribution in [-0.4, -0.2) is 16.8 Å². The minimum Gasteiger partial charge on any atom is -0.339 e. The molecule has 0 aliphatic rings. The Morgan fingerprint density at radius 2 is 2.00 bits per heavy atom. The van der Waals surface area contributed by atoms with Crippen molar-refractivity contribution in [1.29, 1.82) is 0 Å². The van der Waals surface area contributed by atoms with Gasteiger partial charge in [0.25, 0.3) is 0 Å². The third-order valence-corrected chi connectivity index (χ3v) is 3.71. The molecular formula is C13H15BrFN3. The van der Waals surface area contributed by atoms with Crippen LogP contribution < -0.4 is 4.90 Å². The highest BCUT2D eigenvalue weighted by Gasteiger charge is 2.18. The van der Waals surface area contributed by atoms with Crippen LogP contribution in [0.15, 0.2) is 22.7 Å². The molecule has 0 atom stereocenters. The Morgan fingerprint density at radius 1 is 1.33 bits per heavy atom. The van der Waals surface area contributed by atoms with Gasteiger partial charge in [-0.25, -0.2) is 4.39 Å². The molecule has 1 aromatic heterocycles. The Hall–Kier alpha value is -1.36. The maximum Gasteiger partial charge on any atom is 0.160 e. The molecule has 0 aliphatic carbocycles. The molecule has 0 spiro atoms. The van der Waals surface area contributed by atoms with E-state index in [4.69, 9.17) is 0 Å². The van der Waals surface area contributed by atoms with Crippen molar-refractivity contribution in [2.45, 2.75) is 13.8 Å². The summed E-state index contributed by atoms with van der Waals surface area (Å²) in [7, 11) is 3.73. The van der Waals surface area contributed by atoms with Gasteiger partial charge in [-0.1, -0.05) is 6.07 Å². The van der Waals surface area contributed by atoms with Crippen molar-refractivity contribution >= 4 is 27.3 Å². The normalized spacial score (nSPS) is 10.8. The Kier molecular flexibility index (Phi) is 3.43.